The average Bonchev–Trinajstić information content (AvgIpc) is 2.26. The molecule has 2 aromatic carbocycles. The average molecular weight is 239 g/mol. The molecule has 1 nitrogen and oxygen atoms in total. The van der Waals surface area contributed by atoms with Gasteiger partial charge in [-0.25, -0.2) is 0 Å². The predicted molar refractivity (Wildman–Crippen MR) is 61.6 cm³/mol. The SMILES string of the molecule is CC(N)c1ccc2cc(C(F)(F)F)ccc2c1. The van der Waals surface area contributed by atoms with E-state index in [9.17, 15) is 13.2 Å². The molecule has 2 N–H and O–H groups in total. The van der Waals surface area contributed by atoms with Gasteiger partial charge in [0.05, 0.1) is 5.56 Å². The third-order valence-corrected chi connectivity index (χ3v) is 2.72. The van der Waals surface area contributed by atoms with Gasteiger partial charge in [0.15, 0.2) is 0 Å². The first kappa shape index (κ1) is 11.9. The van der Waals surface area contributed by atoms with Crippen LogP contribution in [0.25, 0.3) is 10.8 Å². The fourth-order valence-electron chi connectivity index (χ4n) is 1.72. The lowest BCUT2D eigenvalue weighted by molar-refractivity contribution is -0.137. The molecule has 0 bridgehead atoms. The quantitative estimate of drug-likeness (QED) is 0.803. The number of fused-ring (bicyclic) bond motifs is 1. The Morgan fingerprint density at radius 3 is 2.18 bits per heavy atom. The van der Waals surface area contributed by atoms with Crippen molar-refractivity contribution in [1.82, 2.24) is 0 Å². The number of alkyl halides is 3. The third kappa shape index (κ3) is 2.42. The van der Waals surface area contributed by atoms with Gasteiger partial charge in [-0.15, -0.1) is 0 Å². The van der Waals surface area contributed by atoms with Gasteiger partial charge in [-0.3, -0.25) is 0 Å². The van der Waals surface area contributed by atoms with E-state index < -0.39 is 11.7 Å². The van der Waals surface area contributed by atoms with Crippen molar-refractivity contribution >= 4 is 10.8 Å². The summed E-state index contributed by atoms with van der Waals surface area (Å²) < 4.78 is 37.5. The number of hydrogen-bond acceptors (Lipinski definition) is 1. The Labute approximate surface area is 97.0 Å². The summed E-state index contributed by atoms with van der Waals surface area (Å²) in [6.07, 6.45) is -4.30. The Morgan fingerprint density at radius 1 is 1.00 bits per heavy atom. The minimum absolute atomic E-state index is 0.123. The first-order chi connectivity index (χ1) is 7.88. The van der Waals surface area contributed by atoms with Crippen LogP contribution in [0, 0.1) is 0 Å². The first-order valence-electron chi connectivity index (χ1n) is 5.24. The Balaban J connectivity index is 2.54. The van der Waals surface area contributed by atoms with Crippen molar-refractivity contribution in [2.75, 3.05) is 0 Å². The van der Waals surface area contributed by atoms with E-state index in [-0.39, 0.29) is 6.04 Å². The summed E-state index contributed by atoms with van der Waals surface area (Å²) in [5.41, 5.74) is 6.01. The normalized spacial score (nSPS) is 13.9. The van der Waals surface area contributed by atoms with Gasteiger partial charge in [-0.05, 0) is 41.5 Å². The molecule has 4 heteroatoms. The van der Waals surface area contributed by atoms with Crippen LogP contribution >= 0.6 is 0 Å². The minimum atomic E-state index is -4.30. The lowest BCUT2D eigenvalue weighted by Crippen LogP contribution is -2.05. The van der Waals surface area contributed by atoms with Crippen LogP contribution < -0.4 is 5.73 Å². The number of halogens is 3. The van der Waals surface area contributed by atoms with Gasteiger partial charge in [0, 0.05) is 6.04 Å². The second kappa shape index (κ2) is 4.04. The Kier molecular flexibility index (Phi) is 2.83. The van der Waals surface area contributed by atoms with Crippen molar-refractivity contribution < 1.29 is 13.2 Å². The maximum Gasteiger partial charge on any atom is 0.416 e. The highest BCUT2D eigenvalue weighted by Crippen LogP contribution is 2.31. The highest BCUT2D eigenvalue weighted by Gasteiger charge is 2.30. The summed E-state index contributed by atoms with van der Waals surface area (Å²) in [5, 5.41) is 1.34. The van der Waals surface area contributed by atoms with Gasteiger partial charge in [0.2, 0.25) is 0 Å². The highest BCUT2D eigenvalue weighted by atomic mass is 19.4. The molecule has 0 radical (unpaired) electrons. The van der Waals surface area contributed by atoms with E-state index in [1.165, 1.54) is 6.07 Å². The lowest BCUT2D eigenvalue weighted by Gasteiger charge is -2.10. The van der Waals surface area contributed by atoms with E-state index in [1.807, 2.05) is 13.0 Å². The molecule has 2 rings (SSSR count). The van der Waals surface area contributed by atoms with Gasteiger partial charge in [-0.1, -0.05) is 18.2 Å². The van der Waals surface area contributed by atoms with Crippen LogP contribution in [0.2, 0.25) is 0 Å². The van der Waals surface area contributed by atoms with Crippen molar-refractivity contribution in [3.8, 4) is 0 Å². The molecule has 0 saturated carbocycles. The maximum absolute atomic E-state index is 12.5. The van der Waals surface area contributed by atoms with Gasteiger partial charge in [0.25, 0.3) is 0 Å². The zero-order valence-corrected chi connectivity index (χ0v) is 9.25. The van der Waals surface area contributed by atoms with Crippen molar-refractivity contribution in [3.63, 3.8) is 0 Å². The Bertz CT molecular complexity index is 544. The largest absolute Gasteiger partial charge is 0.416 e. The van der Waals surface area contributed by atoms with E-state index in [0.29, 0.717) is 5.39 Å². The molecule has 2 aromatic rings. The molecule has 0 aliphatic rings. The number of rotatable bonds is 1. The fraction of sp³-hybridized carbons (Fsp3) is 0.231. The van der Waals surface area contributed by atoms with Crippen molar-refractivity contribution in [3.05, 3.63) is 47.5 Å². The summed E-state index contributed by atoms with van der Waals surface area (Å²) in [7, 11) is 0. The van der Waals surface area contributed by atoms with Gasteiger partial charge < -0.3 is 5.73 Å². The molecule has 0 aromatic heterocycles. The standard InChI is InChI=1S/C13H12F3N/c1-8(17)9-2-3-11-7-12(13(14,15)16)5-4-10(11)6-9/h2-8H,17H2,1H3. The van der Waals surface area contributed by atoms with Crippen LogP contribution in [0.15, 0.2) is 36.4 Å². The van der Waals surface area contributed by atoms with Crippen molar-refractivity contribution in [2.24, 2.45) is 5.73 Å². The first-order valence-corrected chi connectivity index (χ1v) is 5.24. The van der Waals surface area contributed by atoms with E-state index in [4.69, 9.17) is 5.73 Å². The summed E-state index contributed by atoms with van der Waals surface area (Å²) in [6.45, 7) is 1.84. The van der Waals surface area contributed by atoms with E-state index >= 15 is 0 Å². The molecule has 17 heavy (non-hydrogen) atoms. The summed E-state index contributed by atoms with van der Waals surface area (Å²) in [5.74, 6) is 0. The molecule has 90 valence electrons. The molecule has 0 amide bonds. The summed E-state index contributed by atoms with van der Waals surface area (Å²) in [4.78, 5) is 0. The Hall–Kier alpha value is -1.55. The molecule has 0 fully saturated rings. The van der Waals surface area contributed by atoms with E-state index in [1.54, 1.807) is 12.1 Å². The molecule has 0 heterocycles. The molecular weight excluding hydrogens is 227 g/mol. The molecular formula is C13H12F3N. The predicted octanol–water partition coefficient (Wildman–Crippen LogP) is 3.88. The summed E-state index contributed by atoms with van der Waals surface area (Å²) >= 11 is 0. The number of hydrogen-bond donors (Lipinski definition) is 1. The zero-order chi connectivity index (χ0) is 12.6. The van der Waals surface area contributed by atoms with Crippen LogP contribution in [0.3, 0.4) is 0 Å². The maximum atomic E-state index is 12.5. The van der Waals surface area contributed by atoms with Gasteiger partial charge in [-0.2, -0.15) is 13.2 Å². The Morgan fingerprint density at radius 2 is 1.59 bits per heavy atom. The van der Waals surface area contributed by atoms with E-state index in [0.717, 1.165) is 23.1 Å². The minimum Gasteiger partial charge on any atom is -0.324 e. The highest BCUT2D eigenvalue weighted by molar-refractivity contribution is 5.84. The topological polar surface area (TPSA) is 26.0 Å². The third-order valence-electron chi connectivity index (χ3n) is 2.72. The smallest absolute Gasteiger partial charge is 0.324 e. The second-order valence-corrected chi connectivity index (χ2v) is 4.11. The number of benzene rings is 2. The molecule has 1 unspecified atom stereocenters. The van der Waals surface area contributed by atoms with Crippen LogP contribution in [0.1, 0.15) is 24.1 Å². The van der Waals surface area contributed by atoms with Crippen LogP contribution in [0.5, 0.6) is 0 Å². The van der Waals surface area contributed by atoms with E-state index in [2.05, 4.69) is 0 Å². The van der Waals surface area contributed by atoms with Crippen molar-refractivity contribution in [2.45, 2.75) is 19.1 Å². The number of nitrogens with two attached hydrogens (primary N) is 1. The van der Waals surface area contributed by atoms with Gasteiger partial charge >= 0.3 is 6.18 Å². The van der Waals surface area contributed by atoms with Crippen molar-refractivity contribution in [1.29, 1.82) is 0 Å². The molecule has 0 aliphatic heterocycles. The van der Waals surface area contributed by atoms with Crippen LogP contribution in [0.4, 0.5) is 13.2 Å². The summed E-state index contributed by atoms with van der Waals surface area (Å²) in [6, 6.07) is 8.84. The van der Waals surface area contributed by atoms with Crippen LogP contribution in [-0.4, -0.2) is 0 Å². The second-order valence-electron chi connectivity index (χ2n) is 4.11. The zero-order valence-electron chi connectivity index (χ0n) is 9.25. The molecule has 0 saturated heterocycles. The monoisotopic (exact) mass is 239 g/mol. The lowest BCUT2D eigenvalue weighted by atomic mass is 10.0. The van der Waals surface area contributed by atoms with Crippen LogP contribution in [-0.2, 0) is 6.18 Å². The molecule has 0 aliphatic carbocycles. The fourth-order valence-corrected chi connectivity index (χ4v) is 1.72. The molecule has 1 atom stereocenters. The van der Waals surface area contributed by atoms with Gasteiger partial charge in [0.1, 0.15) is 0 Å². The molecule has 0 spiro atoms.